The van der Waals surface area contributed by atoms with Crippen molar-refractivity contribution < 1.29 is 9.59 Å². The molecule has 1 fully saturated rings. The van der Waals surface area contributed by atoms with E-state index in [9.17, 15) is 9.59 Å². The number of amides is 2. The van der Waals surface area contributed by atoms with Crippen LogP contribution in [0.4, 0.5) is 0 Å². The van der Waals surface area contributed by atoms with Crippen LogP contribution in [0, 0.1) is 6.92 Å². The fourth-order valence-corrected chi connectivity index (χ4v) is 3.86. The van der Waals surface area contributed by atoms with E-state index in [1.165, 1.54) is 11.8 Å². The number of aryl methyl sites for hydroxylation is 1. The Kier molecular flexibility index (Phi) is 5.37. The maximum Gasteiger partial charge on any atom is 0.240 e. The third-order valence-electron chi connectivity index (χ3n) is 4.37. The first-order valence-corrected chi connectivity index (χ1v) is 9.24. The largest absolute Gasteiger partial charge is 0.368 e. The number of hydrogen-bond acceptors (Lipinski definition) is 5. The summed E-state index contributed by atoms with van der Waals surface area (Å²) in [6.07, 6.45) is 4.11. The first kappa shape index (κ1) is 17.5. The van der Waals surface area contributed by atoms with Crippen molar-refractivity contribution in [2.45, 2.75) is 37.4 Å². The number of aromatic nitrogens is 3. The number of hydrogen-bond donors (Lipinski definition) is 1. The van der Waals surface area contributed by atoms with E-state index in [1.807, 2.05) is 35.8 Å². The van der Waals surface area contributed by atoms with Crippen molar-refractivity contribution >= 4 is 23.6 Å². The average Bonchev–Trinajstić information content (AvgIpc) is 3.08. The lowest BCUT2D eigenvalue weighted by Gasteiger charge is -2.33. The van der Waals surface area contributed by atoms with Crippen molar-refractivity contribution in [3.63, 3.8) is 0 Å². The first-order chi connectivity index (χ1) is 12.1. The average molecular weight is 359 g/mol. The molecule has 2 amide bonds. The van der Waals surface area contributed by atoms with Gasteiger partial charge in [0.25, 0.3) is 0 Å². The Morgan fingerprint density at radius 2 is 2.12 bits per heavy atom. The molecule has 2 N–H and O–H groups in total. The van der Waals surface area contributed by atoms with Crippen molar-refractivity contribution in [2.75, 3.05) is 12.3 Å². The highest BCUT2D eigenvalue weighted by molar-refractivity contribution is 7.99. The number of rotatable bonds is 5. The van der Waals surface area contributed by atoms with Gasteiger partial charge in [-0.2, -0.15) is 0 Å². The predicted octanol–water partition coefficient (Wildman–Crippen LogP) is 1.53. The Balaban J connectivity index is 1.70. The van der Waals surface area contributed by atoms with Crippen LogP contribution in [0.2, 0.25) is 0 Å². The number of benzene rings is 1. The molecule has 8 heteroatoms. The summed E-state index contributed by atoms with van der Waals surface area (Å²) in [7, 11) is 0. The maximum atomic E-state index is 12.6. The van der Waals surface area contributed by atoms with Crippen LogP contribution >= 0.6 is 11.8 Å². The summed E-state index contributed by atoms with van der Waals surface area (Å²) >= 11 is 1.32. The number of carbonyl (C=O) groups excluding carboxylic acids is 2. The molecule has 0 saturated carbocycles. The van der Waals surface area contributed by atoms with Gasteiger partial charge >= 0.3 is 0 Å². The molecular formula is C17H21N5O2S. The molecule has 0 aliphatic carbocycles. The van der Waals surface area contributed by atoms with Crippen molar-refractivity contribution in [2.24, 2.45) is 5.73 Å². The van der Waals surface area contributed by atoms with E-state index >= 15 is 0 Å². The fourth-order valence-electron chi connectivity index (χ4n) is 3.06. The fraction of sp³-hybridized carbons (Fsp3) is 0.412. The van der Waals surface area contributed by atoms with Crippen LogP contribution < -0.4 is 5.73 Å². The van der Waals surface area contributed by atoms with Gasteiger partial charge in [0.1, 0.15) is 12.4 Å². The van der Waals surface area contributed by atoms with E-state index in [0.717, 1.165) is 24.1 Å². The van der Waals surface area contributed by atoms with E-state index in [1.54, 1.807) is 11.2 Å². The van der Waals surface area contributed by atoms with Crippen LogP contribution in [-0.4, -0.2) is 49.8 Å². The van der Waals surface area contributed by atoms with Gasteiger partial charge in [-0.1, -0.05) is 30.0 Å². The van der Waals surface area contributed by atoms with Crippen molar-refractivity contribution in [1.29, 1.82) is 0 Å². The SMILES string of the molecule is Cc1ccccc1-n1cnnc1SCC(=O)N1CCCCC1C(N)=O. The molecule has 1 saturated heterocycles. The van der Waals surface area contributed by atoms with Crippen LogP contribution in [-0.2, 0) is 9.59 Å². The number of nitrogens with two attached hydrogens (primary N) is 1. The van der Waals surface area contributed by atoms with Gasteiger partial charge in [-0.3, -0.25) is 14.2 Å². The third-order valence-corrected chi connectivity index (χ3v) is 5.30. The highest BCUT2D eigenvalue weighted by Gasteiger charge is 2.30. The van der Waals surface area contributed by atoms with Crippen molar-refractivity contribution in [3.8, 4) is 5.69 Å². The van der Waals surface area contributed by atoms with Gasteiger partial charge in [-0.25, -0.2) is 0 Å². The van der Waals surface area contributed by atoms with E-state index in [0.29, 0.717) is 18.1 Å². The lowest BCUT2D eigenvalue weighted by molar-refractivity contribution is -0.138. The summed E-state index contributed by atoms with van der Waals surface area (Å²) in [6.45, 7) is 2.59. The molecule has 1 aliphatic heterocycles. The minimum atomic E-state index is -0.490. The number of thioether (sulfide) groups is 1. The zero-order chi connectivity index (χ0) is 17.8. The molecule has 7 nitrogen and oxygen atoms in total. The molecule has 2 heterocycles. The zero-order valence-electron chi connectivity index (χ0n) is 14.1. The molecule has 0 radical (unpaired) electrons. The molecule has 3 rings (SSSR count). The molecule has 2 aromatic rings. The lowest BCUT2D eigenvalue weighted by Crippen LogP contribution is -2.51. The lowest BCUT2D eigenvalue weighted by atomic mass is 10.0. The van der Waals surface area contributed by atoms with Gasteiger partial charge in [0.2, 0.25) is 11.8 Å². The highest BCUT2D eigenvalue weighted by Crippen LogP contribution is 2.23. The molecule has 0 spiro atoms. The van der Waals surface area contributed by atoms with Crippen molar-refractivity contribution in [3.05, 3.63) is 36.2 Å². The summed E-state index contributed by atoms with van der Waals surface area (Å²) in [5, 5.41) is 8.73. The van der Waals surface area contributed by atoms with Gasteiger partial charge in [0.15, 0.2) is 5.16 Å². The molecule has 0 bridgehead atoms. The topological polar surface area (TPSA) is 94.1 Å². The third kappa shape index (κ3) is 3.84. The Morgan fingerprint density at radius 1 is 1.32 bits per heavy atom. The monoisotopic (exact) mass is 359 g/mol. The molecule has 1 aromatic heterocycles. The quantitative estimate of drug-likeness (QED) is 0.817. The molecule has 1 aliphatic rings. The Labute approximate surface area is 150 Å². The number of likely N-dealkylation sites (tertiary alicyclic amines) is 1. The van der Waals surface area contributed by atoms with Crippen molar-refractivity contribution in [1.82, 2.24) is 19.7 Å². The number of primary amides is 1. The smallest absolute Gasteiger partial charge is 0.240 e. The summed E-state index contributed by atoms with van der Waals surface area (Å²) in [6, 6.07) is 7.43. The minimum absolute atomic E-state index is 0.0900. The van der Waals surface area contributed by atoms with Crippen LogP contribution in [0.15, 0.2) is 35.7 Å². The Morgan fingerprint density at radius 3 is 2.88 bits per heavy atom. The second-order valence-corrected chi connectivity index (χ2v) is 7.00. The first-order valence-electron chi connectivity index (χ1n) is 8.25. The van der Waals surface area contributed by atoms with Crippen LogP contribution in [0.3, 0.4) is 0 Å². The summed E-state index contributed by atoms with van der Waals surface area (Å²) in [5.41, 5.74) is 7.52. The van der Waals surface area contributed by atoms with Gasteiger partial charge in [0.05, 0.1) is 11.4 Å². The molecular weight excluding hydrogens is 338 g/mol. The minimum Gasteiger partial charge on any atom is -0.368 e. The Hall–Kier alpha value is -2.35. The maximum absolute atomic E-state index is 12.6. The normalized spacial score (nSPS) is 17.5. The number of para-hydroxylation sites is 1. The standard InChI is InChI=1S/C17H21N5O2S/c1-12-6-2-3-7-13(12)22-11-19-20-17(22)25-10-15(23)21-9-5-4-8-14(21)16(18)24/h2-3,6-7,11,14H,4-5,8-10H2,1H3,(H2,18,24). The Bertz CT molecular complexity index is 776. The van der Waals surface area contributed by atoms with E-state index < -0.39 is 11.9 Å². The van der Waals surface area contributed by atoms with Crippen LogP contribution in [0.1, 0.15) is 24.8 Å². The molecule has 132 valence electrons. The molecule has 1 atom stereocenters. The van der Waals surface area contributed by atoms with Gasteiger partial charge in [-0.05, 0) is 37.8 Å². The second-order valence-electron chi connectivity index (χ2n) is 6.06. The molecule has 1 unspecified atom stereocenters. The second kappa shape index (κ2) is 7.69. The predicted molar refractivity (Wildman–Crippen MR) is 95.4 cm³/mol. The number of nitrogens with zero attached hydrogens (tertiary/aromatic N) is 4. The highest BCUT2D eigenvalue weighted by atomic mass is 32.2. The summed E-state index contributed by atoms with van der Waals surface area (Å²) < 4.78 is 1.87. The van der Waals surface area contributed by atoms with E-state index in [-0.39, 0.29) is 11.7 Å². The van der Waals surface area contributed by atoms with Gasteiger partial charge in [-0.15, -0.1) is 10.2 Å². The number of piperidine rings is 1. The van der Waals surface area contributed by atoms with E-state index in [4.69, 9.17) is 5.73 Å². The van der Waals surface area contributed by atoms with E-state index in [2.05, 4.69) is 10.2 Å². The molecule has 1 aromatic carbocycles. The molecule has 25 heavy (non-hydrogen) atoms. The zero-order valence-corrected chi connectivity index (χ0v) is 14.9. The summed E-state index contributed by atoms with van der Waals surface area (Å²) in [5.74, 6) is -0.317. The van der Waals surface area contributed by atoms with Crippen LogP contribution in [0.25, 0.3) is 5.69 Å². The number of carbonyl (C=O) groups is 2. The van der Waals surface area contributed by atoms with Gasteiger partial charge in [0, 0.05) is 6.54 Å². The van der Waals surface area contributed by atoms with Crippen LogP contribution in [0.5, 0.6) is 0 Å². The summed E-state index contributed by atoms with van der Waals surface area (Å²) in [4.78, 5) is 25.7. The van der Waals surface area contributed by atoms with Gasteiger partial charge < -0.3 is 10.6 Å².